The van der Waals surface area contributed by atoms with E-state index in [9.17, 15) is 9.59 Å². The molecule has 8 nitrogen and oxygen atoms in total. The Kier molecular flexibility index (Phi) is 7.70. The number of hydrogen-bond donors (Lipinski definition) is 1. The van der Waals surface area contributed by atoms with E-state index in [2.05, 4.69) is 15.3 Å². The maximum absolute atomic E-state index is 15.5. The topological polar surface area (TPSA) is 89.3 Å². The molecule has 0 bridgehead atoms. The molecule has 204 valence electrons. The molecule has 3 aromatic heterocycles. The molecule has 1 aliphatic heterocycles. The van der Waals surface area contributed by atoms with Crippen molar-refractivity contribution < 1.29 is 18.7 Å². The van der Waals surface area contributed by atoms with Crippen molar-refractivity contribution in [1.82, 2.24) is 19.9 Å². The van der Waals surface area contributed by atoms with Gasteiger partial charge in [0.2, 0.25) is 5.91 Å². The summed E-state index contributed by atoms with van der Waals surface area (Å²) in [5.74, 6) is -0.727. The van der Waals surface area contributed by atoms with Gasteiger partial charge in [-0.2, -0.15) is 0 Å². The number of aromatic nitrogens is 3. The number of pyridine rings is 1. The van der Waals surface area contributed by atoms with Gasteiger partial charge in [-0.3, -0.25) is 14.9 Å². The summed E-state index contributed by atoms with van der Waals surface area (Å²) in [6.45, 7) is 6.20. The lowest BCUT2D eigenvalue weighted by atomic mass is 9.94. The van der Waals surface area contributed by atoms with Gasteiger partial charge in [0.25, 0.3) is 0 Å². The standard InChI is InChI=1S/C28H29ClFN5O3S/c1-28(2,3)38-25(36)16-31-15-24-32-10-12-34(24)18-7-8-21(20(30)14-18)35-11-4-5-19(27(35)37)22-13-17-6-9-23(29)33-26(17)39-22/h6-10,12-14,19,31H,4-5,11,15-16H2,1-3H3. The number of carbonyl (C=O) groups excluding carboxylic acids is 2. The lowest BCUT2D eigenvalue weighted by molar-refractivity contribution is -0.153. The molecule has 0 aliphatic carbocycles. The summed E-state index contributed by atoms with van der Waals surface area (Å²) in [6, 6.07) is 10.4. The van der Waals surface area contributed by atoms with Gasteiger partial charge >= 0.3 is 5.97 Å². The Hall–Kier alpha value is -3.34. The van der Waals surface area contributed by atoms with Gasteiger partial charge in [0.1, 0.15) is 27.2 Å². The molecule has 1 atom stereocenters. The molecule has 0 spiro atoms. The maximum Gasteiger partial charge on any atom is 0.320 e. The molecule has 1 unspecified atom stereocenters. The summed E-state index contributed by atoms with van der Waals surface area (Å²) in [5.41, 5.74) is 0.257. The molecule has 1 aromatic carbocycles. The molecule has 1 fully saturated rings. The normalized spacial score (nSPS) is 16.2. The van der Waals surface area contributed by atoms with Crippen molar-refractivity contribution in [2.75, 3.05) is 18.0 Å². The van der Waals surface area contributed by atoms with E-state index in [1.54, 1.807) is 35.2 Å². The average Bonchev–Trinajstić information content (AvgIpc) is 3.50. The van der Waals surface area contributed by atoms with Crippen LogP contribution in [0.3, 0.4) is 0 Å². The van der Waals surface area contributed by atoms with Crippen LogP contribution in [-0.4, -0.2) is 45.1 Å². The summed E-state index contributed by atoms with van der Waals surface area (Å²) >= 11 is 7.49. The smallest absolute Gasteiger partial charge is 0.320 e. The van der Waals surface area contributed by atoms with E-state index >= 15 is 4.39 Å². The number of imidazole rings is 1. The van der Waals surface area contributed by atoms with E-state index in [0.29, 0.717) is 29.6 Å². The highest BCUT2D eigenvalue weighted by atomic mass is 35.5. The van der Waals surface area contributed by atoms with Crippen molar-refractivity contribution >= 4 is 50.7 Å². The van der Waals surface area contributed by atoms with Crippen molar-refractivity contribution in [2.24, 2.45) is 0 Å². The lowest BCUT2D eigenvalue weighted by Crippen LogP contribution is -2.40. The minimum Gasteiger partial charge on any atom is -0.459 e. The third-order valence-corrected chi connectivity index (χ3v) is 7.71. The van der Waals surface area contributed by atoms with E-state index in [0.717, 1.165) is 21.5 Å². The Balaban J connectivity index is 1.30. The number of nitrogens with zero attached hydrogens (tertiary/aromatic N) is 4. The van der Waals surface area contributed by atoms with Gasteiger partial charge in [0.05, 0.1) is 24.7 Å². The molecule has 11 heteroatoms. The Morgan fingerprint density at radius 1 is 1.26 bits per heavy atom. The average molecular weight is 570 g/mol. The first-order valence-electron chi connectivity index (χ1n) is 12.7. The SMILES string of the molecule is CC(C)(C)OC(=O)CNCc1nccn1-c1ccc(N2CCCC(c3cc4ccc(Cl)nc4s3)C2=O)c(F)c1. The predicted molar refractivity (Wildman–Crippen MR) is 150 cm³/mol. The highest BCUT2D eigenvalue weighted by molar-refractivity contribution is 7.18. The number of piperidine rings is 1. The summed E-state index contributed by atoms with van der Waals surface area (Å²) in [4.78, 5) is 37.4. The number of anilines is 1. The zero-order valence-electron chi connectivity index (χ0n) is 21.9. The number of ether oxygens (including phenoxy) is 1. The highest BCUT2D eigenvalue weighted by Crippen LogP contribution is 2.38. The van der Waals surface area contributed by atoms with Gasteiger partial charge < -0.3 is 14.2 Å². The Labute approximate surface area is 234 Å². The third-order valence-electron chi connectivity index (χ3n) is 6.34. The summed E-state index contributed by atoms with van der Waals surface area (Å²) in [5, 5.41) is 4.37. The quantitative estimate of drug-likeness (QED) is 0.230. The number of amides is 1. The van der Waals surface area contributed by atoms with Gasteiger partial charge in [0.15, 0.2) is 0 Å². The van der Waals surface area contributed by atoms with Crippen LogP contribution in [0.2, 0.25) is 5.15 Å². The molecule has 0 radical (unpaired) electrons. The molecule has 1 amide bonds. The lowest BCUT2D eigenvalue weighted by Gasteiger charge is -2.32. The van der Waals surface area contributed by atoms with Gasteiger partial charge in [-0.05, 0) is 63.9 Å². The van der Waals surface area contributed by atoms with Gasteiger partial charge in [-0.15, -0.1) is 11.3 Å². The van der Waals surface area contributed by atoms with Gasteiger partial charge in [-0.1, -0.05) is 11.6 Å². The van der Waals surface area contributed by atoms with Crippen molar-refractivity contribution in [3.63, 3.8) is 0 Å². The summed E-state index contributed by atoms with van der Waals surface area (Å²) in [7, 11) is 0. The monoisotopic (exact) mass is 569 g/mol. The second kappa shape index (κ2) is 11.0. The number of fused-ring (bicyclic) bond motifs is 1. The van der Waals surface area contributed by atoms with Crippen LogP contribution in [0, 0.1) is 5.82 Å². The van der Waals surface area contributed by atoms with Crippen LogP contribution >= 0.6 is 22.9 Å². The number of thiophene rings is 1. The predicted octanol–water partition coefficient (Wildman–Crippen LogP) is 5.62. The van der Waals surface area contributed by atoms with E-state index in [-0.39, 0.29) is 36.6 Å². The van der Waals surface area contributed by atoms with Crippen LogP contribution in [0.25, 0.3) is 15.9 Å². The molecular weight excluding hydrogens is 541 g/mol. The number of carbonyl (C=O) groups is 2. The van der Waals surface area contributed by atoms with Crippen molar-refractivity contribution in [3.8, 4) is 5.69 Å². The first-order valence-corrected chi connectivity index (χ1v) is 13.9. The molecule has 1 saturated heterocycles. The van der Waals surface area contributed by atoms with Gasteiger partial charge in [0, 0.05) is 41.0 Å². The Morgan fingerprint density at radius 3 is 2.85 bits per heavy atom. The maximum atomic E-state index is 15.5. The minimum absolute atomic E-state index is 0.0264. The van der Waals surface area contributed by atoms with Crippen LogP contribution < -0.4 is 10.2 Å². The summed E-state index contributed by atoms with van der Waals surface area (Å²) < 4.78 is 22.5. The fraction of sp³-hybridized carbons (Fsp3) is 0.357. The molecule has 0 saturated carbocycles. The Bertz CT molecular complexity index is 1530. The van der Waals surface area contributed by atoms with Crippen molar-refractivity contribution in [1.29, 1.82) is 0 Å². The molecule has 4 heterocycles. The molecule has 4 aromatic rings. The molecule has 1 N–H and O–H groups in total. The molecular formula is C28H29ClFN5O3S. The first kappa shape index (κ1) is 27.2. The number of hydrogen-bond acceptors (Lipinski definition) is 7. The van der Waals surface area contributed by atoms with Crippen molar-refractivity contribution in [2.45, 2.75) is 51.7 Å². The number of halogens is 2. The third kappa shape index (κ3) is 6.13. The molecule has 1 aliphatic rings. The van der Waals surface area contributed by atoms with Gasteiger partial charge in [-0.25, -0.2) is 14.4 Å². The first-order chi connectivity index (χ1) is 18.6. The number of benzene rings is 1. The van der Waals surface area contributed by atoms with Crippen LogP contribution in [0.4, 0.5) is 10.1 Å². The second-order valence-corrected chi connectivity index (χ2v) is 11.9. The van der Waals surface area contributed by atoms with E-state index in [1.807, 2.05) is 32.9 Å². The van der Waals surface area contributed by atoms with Crippen LogP contribution in [0.5, 0.6) is 0 Å². The fourth-order valence-corrected chi connectivity index (χ4v) is 6.04. The van der Waals surface area contributed by atoms with E-state index in [1.165, 1.54) is 22.3 Å². The summed E-state index contributed by atoms with van der Waals surface area (Å²) in [6.07, 6.45) is 4.80. The number of nitrogens with one attached hydrogen (secondary N) is 1. The fourth-order valence-electron chi connectivity index (χ4n) is 4.68. The van der Waals surface area contributed by atoms with Crippen molar-refractivity contribution in [3.05, 3.63) is 70.5 Å². The highest BCUT2D eigenvalue weighted by Gasteiger charge is 2.33. The number of rotatable bonds is 7. The molecule has 5 rings (SSSR count). The minimum atomic E-state index is -0.560. The van der Waals surface area contributed by atoms with E-state index < -0.39 is 11.4 Å². The zero-order valence-corrected chi connectivity index (χ0v) is 23.5. The van der Waals surface area contributed by atoms with E-state index in [4.69, 9.17) is 16.3 Å². The number of esters is 1. The van der Waals surface area contributed by atoms with Crippen LogP contribution in [0.15, 0.2) is 48.8 Å². The van der Waals surface area contributed by atoms with Crippen LogP contribution in [-0.2, 0) is 20.9 Å². The Morgan fingerprint density at radius 2 is 2.08 bits per heavy atom. The largest absolute Gasteiger partial charge is 0.459 e. The molecule has 39 heavy (non-hydrogen) atoms. The second-order valence-electron chi connectivity index (χ2n) is 10.4. The van der Waals surface area contributed by atoms with Crippen LogP contribution in [0.1, 0.15) is 50.2 Å². The zero-order chi connectivity index (χ0) is 27.7.